The molecule has 0 amide bonds. The maximum absolute atomic E-state index is 9.45. The van der Waals surface area contributed by atoms with Crippen molar-refractivity contribution in [2.24, 2.45) is 46.3 Å². The fourth-order valence-corrected chi connectivity index (χ4v) is 49.5. The van der Waals surface area contributed by atoms with E-state index in [0.717, 1.165) is 48.3 Å². The number of allylic oxidation sites excluding steroid dienone is 2. The van der Waals surface area contributed by atoms with Crippen molar-refractivity contribution in [3.8, 4) is 22.3 Å². The number of halogens is 2. The van der Waals surface area contributed by atoms with E-state index in [2.05, 4.69) is 138 Å². The van der Waals surface area contributed by atoms with E-state index in [1.165, 1.54) is 146 Å². The van der Waals surface area contributed by atoms with Crippen LogP contribution in [0.15, 0.2) is 96.1 Å². The summed E-state index contributed by atoms with van der Waals surface area (Å²) in [4.78, 5) is 0. The zero-order valence-electron chi connectivity index (χ0n) is 41.2. The average molecular weight is 1010 g/mol. The summed E-state index contributed by atoms with van der Waals surface area (Å²) in [6, 6.07) is 33.9. The van der Waals surface area contributed by atoms with Gasteiger partial charge in [0, 0.05) is 0 Å². The Bertz CT molecular complexity index is 2350. The quantitative estimate of drug-likeness (QED) is 0.117. The van der Waals surface area contributed by atoms with Gasteiger partial charge in [0.15, 0.2) is 0 Å². The molecule has 0 spiro atoms. The van der Waals surface area contributed by atoms with Crippen molar-refractivity contribution >= 4 is 35.1 Å². The second-order valence-corrected chi connectivity index (χ2v) is 67.9. The first-order valence-electron chi connectivity index (χ1n) is 27.2. The zero-order chi connectivity index (χ0) is 45.4. The molecular formula is C62H77Cl2SiZr. The van der Waals surface area contributed by atoms with Crippen LogP contribution in [0.4, 0.5) is 0 Å². The van der Waals surface area contributed by atoms with Gasteiger partial charge in [0.25, 0.3) is 0 Å². The third-order valence-electron chi connectivity index (χ3n) is 20.8. The summed E-state index contributed by atoms with van der Waals surface area (Å²) < 4.78 is 0.274. The fraction of sp³-hybridized carbons (Fsp3) is 0.548. The number of hydrogen-bond acceptors (Lipinski definition) is 0. The van der Waals surface area contributed by atoms with Gasteiger partial charge >= 0.3 is 411 Å². The normalized spacial score (nSPS) is 33.9. The first-order chi connectivity index (χ1) is 31.7. The summed E-state index contributed by atoms with van der Waals surface area (Å²) in [5.74, 6) is 4.88. The maximum atomic E-state index is 9.45. The summed E-state index contributed by atoms with van der Waals surface area (Å²) >= 11 is -5.15. The van der Waals surface area contributed by atoms with Gasteiger partial charge in [-0.05, 0) is 0 Å². The summed E-state index contributed by atoms with van der Waals surface area (Å²) in [7, 11) is 18.9. The minimum absolute atomic E-state index is 0.137. The molecule has 0 heterocycles. The first kappa shape index (κ1) is 45.2. The van der Waals surface area contributed by atoms with Gasteiger partial charge in [0.05, 0.1) is 0 Å². The number of fused-ring (bicyclic) bond motifs is 2. The molecule has 4 aromatic carbocycles. The van der Waals surface area contributed by atoms with Gasteiger partial charge in [-0.2, -0.15) is 0 Å². The van der Waals surface area contributed by atoms with E-state index in [1.54, 1.807) is 11.1 Å². The van der Waals surface area contributed by atoms with Crippen molar-refractivity contribution in [1.29, 1.82) is 0 Å². The van der Waals surface area contributed by atoms with Crippen LogP contribution in [0.5, 0.6) is 0 Å². The second-order valence-electron chi connectivity index (χ2n) is 25.4. The molecule has 0 radical (unpaired) electrons. The minimum atomic E-state index is -5.15. The average Bonchev–Trinajstić information content (AvgIpc) is 3.86. The van der Waals surface area contributed by atoms with Gasteiger partial charge in [-0.1, -0.05) is 0 Å². The fourth-order valence-electron chi connectivity index (χ4n) is 18.2. The Morgan fingerprint density at radius 3 is 1.15 bits per heavy atom. The van der Waals surface area contributed by atoms with Crippen LogP contribution in [0.25, 0.3) is 34.4 Å². The summed E-state index contributed by atoms with van der Waals surface area (Å²) in [5, 5.41) is 0. The predicted molar refractivity (Wildman–Crippen MR) is 284 cm³/mol. The molecule has 66 heavy (non-hydrogen) atoms. The molecule has 8 saturated carbocycles. The van der Waals surface area contributed by atoms with Crippen LogP contribution in [0.3, 0.4) is 0 Å². The first-order valence-corrected chi connectivity index (χ1v) is 43.5. The van der Waals surface area contributed by atoms with Crippen LogP contribution in [0.2, 0.25) is 13.1 Å². The summed E-state index contributed by atoms with van der Waals surface area (Å²) in [6.45, 7) is 14.6. The standard InChI is InChI=1S/2C30H35.C2H7Si.2ClH.Zr/c2*1-3-20(2)25-7-9-26(10-8-25)28-6-4-5-27-14-24(15-29(27)28)19-30-16-21-11-22(17-30)13-23(12-21)18-30;1-3-2;;;/h2*4-10,14-15,20-23H,3,11-13,16-19H2,1-2H3;3H,1-2H3;2*1H;/q;;;;;+2/p-2. The van der Waals surface area contributed by atoms with Gasteiger partial charge in [-0.3, -0.25) is 0 Å². The molecule has 14 rings (SSSR count). The van der Waals surface area contributed by atoms with Gasteiger partial charge in [-0.15, -0.1) is 0 Å². The molecule has 10 aliphatic carbocycles. The Morgan fingerprint density at radius 2 is 0.848 bits per heavy atom. The van der Waals surface area contributed by atoms with E-state index in [-0.39, 0.29) is 7.25 Å². The van der Waals surface area contributed by atoms with Crippen molar-refractivity contribution in [2.45, 2.75) is 163 Å². The van der Waals surface area contributed by atoms with Crippen LogP contribution < -0.4 is 0 Å². The number of hydrogen-bond donors (Lipinski definition) is 0. The van der Waals surface area contributed by atoms with Gasteiger partial charge < -0.3 is 0 Å². The Labute approximate surface area is 408 Å². The molecule has 8 bridgehead atoms. The van der Waals surface area contributed by atoms with Gasteiger partial charge in [-0.25, -0.2) is 0 Å². The van der Waals surface area contributed by atoms with E-state index >= 15 is 0 Å². The molecule has 0 N–H and O–H groups in total. The van der Waals surface area contributed by atoms with Crippen molar-refractivity contribution < 1.29 is 15.6 Å². The molecule has 0 saturated heterocycles. The molecule has 4 unspecified atom stereocenters. The van der Waals surface area contributed by atoms with Gasteiger partial charge in [0.1, 0.15) is 0 Å². The molecule has 0 aromatic heterocycles. The van der Waals surface area contributed by atoms with Crippen molar-refractivity contribution in [3.05, 3.63) is 129 Å². The molecule has 4 aromatic rings. The van der Waals surface area contributed by atoms with Crippen LogP contribution in [0.1, 0.15) is 183 Å². The van der Waals surface area contributed by atoms with Crippen molar-refractivity contribution in [1.82, 2.24) is 0 Å². The molecule has 4 atom stereocenters. The Morgan fingerprint density at radius 1 is 0.515 bits per heavy atom. The molecule has 0 nitrogen and oxygen atoms in total. The van der Waals surface area contributed by atoms with Gasteiger partial charge in [0.2, 0.25) is 0 Å². The molecule has 0 aliphatic heterocycles. The van der Waals surface area contributed by atoms with E-state index in [0.29, 0.717) is 22.7 Å². The monoisotopic (exact) mass is 1010 g/mol. The summed E-state index contributed by atoms with van der Waals surface area (Å²) in [6.07, 6.45) is 27.6. The molecule has 8 fully saturated rings. The Hall–Kier alpha value is -1.96. The van der Waals surface area contributed by atoms with Crippen molar-refractivity contribution in [3.63, 3.8) is 0 Å². The third-order valence-corrected chi connectivity index (χ3v) is 72.7. The number of rotatable bonds is 13. The van der Waals surface area contributed by atoms with E-state index < -0.39 is 21.5 Å². The molecule has 4 heteroatoms. The van der Waals surface area contributed by atoms with Crippen LogP contribution in [-0.4, -0.2) is 5.92 Å². The topological polar surface area (TPSA) is 0 Å². The van der Waals surface area contributed by atoms with E-state index in [1.807, 2.05) is 0 Å². The molecule has 10 aliphatic rings. The SMILES string of the molecule is CCC(C)c1ccc(-c2cccc3c2C=C(CC24CC5CC(CC(C5)C2)C4)[CH]3[Zr]([Cl])([Cl])([CH]2C(CC34CC5CC(CC(C5)C3)C4)=Cc3c(-c4ccc(C(C)CC)cc4)cccc32)[SiH](C)C)cc1. The van der Waals surface area contributed by atoms with E-state index in [9.17, 15) is 17.0 Å². The third kappa shape index (κ3) is 7.29. The predicted octanol–water partition coefficient (Wildman–Crippen LogP) is 18.8. The Kier molecular flexibility index (Phi) is 11.3. The molecule has 347 valence electrons. The summed E-state index contributed by atoms with van der Waals surface area (Å²) in [5.41, 5.74) is 18.2. The molecular weight excluding hydrogens is 935 g/mol. The Balaban J connectivity index is 1.04. The van der Waals surface area contributed by atoms with Crippen LogP contribution >= 0.6 is 17.0 Å². The van der Waals surface area contributed by atoms with Crippen LogP contribution in [-0.2, 0) is 15.6 Å². The second kappa shape index (κ2) is 16.6. The van der Waals surface area contributed by atoms with E-state index in [4.69, 9.17) is 0 Å². The van der Waals surface area contributed by atoms with Crippen LogP contribution in [0, 0.1) is 46.3 Å². The number of benzene rings is 4. The zero-order valence-corrected chi connectivity index (χ0v) is 46.3. The van der Waals surface area contributed by atoms with Crippen molar-refractivity contribution in [2.75, 3.05) is 0 Å².